The lowest BCUT2D eigenvalue weighted by molar-refractivity contribution is -0.144. The summed E-state index contributed by atoms with van der Waals surface area (Å²) in [6.45, 7) is 11.2. The highest BCUT2D eigenvalue weighted by Gasteiger charge is 2.33. The monoisotopic (exact) mass is 376 g/mol. The lowest BCUT2D eigenvalue weighted by atomic mass is 9.73. The van der Waals surface area contributed by atoms with Crippen molar-refractivity contribution in [3.05, 3.63) is 23.8 Å². The third-order valence-electron chi connectivity index (χ3n) is 6.06. The molecule has 152 valence electrons. The number of anilines is 2. The summed E-state index contributed by atoms with van der Waals surface area (Å²) in [6, 6.07) is 6.83. The lowest BCUT2D eigenvalue weighted by Gasteiger charge is -2.37. The second kappa shape index (κ2) is 9.98. The summed E-state index contributed by atoms with van der Waals surface area (Å²) in [6.07, 6.45) is 4.21. The quantitative estimate of drug-likeness (QED) is 0.515. The van der Waals surface area contributed by atoms with Gasteiger partial charge in [-0.1, -0.05) is 19.9 Å². The molecule has 1 aliphatic heterocycles. The number of benzene rings is 1. The van der Waals surface area contributed by atoms with Crippen LogP contribution >= 0.6 is 0 Å². The molecule has 1 fully saturated rings. The van der Waals surface area contributed by atoms with Crippen LogP contribution in [0.2, 0.25) is 0 Å². The van der Waals surface area contributed by atoms with Crippen molar-refractivity contribution in [1.29, 1.82) is 0 Å². The van der Waals surface area contributed by atoms with E-state index in [0.717, 1.165) is 62.4 Å². The summed E-state index contributed by atoms with van der Waals surface area (Å²) >= 11 is 0. The number of carbonyl (C=O) groups excluding carboxylic acids is 1. The molecule has 1 aromatic carbocycles. The van der Waals surface area contributed by atoms with Crippen molar-refractivity contribution in [2.24, 2.45) is 0 Å². The summed E-state index contributed by atoms with van der Waals surface area (Å²) in [5, 5.41) is 0. The molecule has 0 spiro atoms. The number of hydrogen-bond donors (Lipinski definition) is 1. The second-order valence-electron chi connectivity index (χ2n) is 7.37. The van der Waals surface area contributed by atoms with Crippen molar-refractivity contribution in [3.63, 3.8) is 0 Å². The average Bonchev–Trinajstić information content (AvgIpc) is 2.69. The van der Waals surface area contributed by atoms with Crippen LogP contribution in [0.3, 0.4) is 0 Å². The number of hydrogen-bond acceptors (Lipinski definition) is 5. The molecule has 5 nitrogen and oxygen atoms in total. The number of carbonyl (C=O) groups is 1. The molecule has 0 aliphatic carbocycles. The molecule has 0 radical (unpaired) electrons. The Morgan fingerprint density at radius 2 is 1.89 bits per heavy atom. The van der Waals surface area contributed by atoms with Gasteiger partial charge in [0.25, 0.3) is 0 Å². The fraction of sp³-hybridized carbons (Fsp3) is 0.682. The molecule has 1 aromatic rings. The van der Waals surface area contributed by atoms with E-state index in [1.165, 1.54) is 0 Å². The van der Waals surface area contributed by atoms with Gasteiger partial charge in [0.15, 0.2) is 0 Å². The number of esters is 1. The predicted molar refractivity (Wildman–Crippen MR) is 111 cm³/mol. The van der Waals surface area contributed by atoms with Crippen LogP contribution in [0.4, 0.5) is 11.4 Å². The van der Waals surface area contributed by atoms with Crippen LogP contribution in [0.15, 0.2) is 18.2 Å². The first kappa shape index (κ1) is 21.5. The van der Waals surface area contributed by atoms with E-state index in [-0.39, 0.29) is 11.4 Å². The third-order valence-corrected chi connectivity index (χ3v) is 6.06. The average molecular weight is 377 g/mol. The zero-order valence-electron chi connectivity index (χ0n) is 17.4. The Kier molecular flexibility index (Phi) is 7.96. The summed E-state index contributed by atoms with van der Waals surface area (Å²) in [5.41, 5.74) is 9.29. The zero-order valence-corrected chi connectivity index (χ0v) is 17.4. The van der Waals surface area contributed by atoms with Gasteiger partial charge in [0.2, 0.25) is 0 Å². The zero-order chi connectivity index (χ0) is 19.9. The van der Waals surface area contributed by atoms with Gasteiger partial charge in [-0.15, -0.1) is 0 Å². The molecule has 0 aromatic heterocycles. The lowest BCUT2D eigenvalue weighted by Crippen LogP contribution is -2.40. The van der Waals surface area contributed by atoms with Crippen molar-refractivity contribution in [2.45, 2.75) is 71.3 Å². The van der Waals surface area contributed by atoms with Crippen molar-refractivity contribution in [1.82, 2.24) is 0 Å². The highest BCUT2D eigenvalue weighted by molar-refractivity contribution is 5.73. The molecule has 1 heterocycles. The van der Waals surface area contributed by atoms with Crippen LogP contribution < -0.4 is 10.6 Å². The first-order valence-corrected chi connectivity index (χ1v) is 10.4. The molecule has 0 unspecified atom stereocenters. The molecule has 0 saturated carbocycles. The van der Waals surface area contributed by atoms with Crippen molar-refractivity contribution < 1.29 is 14.3 Å². The molecule has 2 rings (SSSR count). The Hall–Kier alpha value is -1.75. The molecular formula is C22H36N2O3. The van der Waals surface area contributed by atoms with Crippen LogP contribution in [-0.2, 0) is 19.7 Å². The highest BCUT2D eigenvalue weighted by atomic mass is 16.5. The van der Waals surface area contributed by atoms with Crippen LogP contribution in [-0.4, -0.2) is 38.4 Å². The van der Waals surface area contributed by atoms with E-state index in [1.807, 2.05) is 6.92 Å². The number of nitrogens with zero attached hydrogens (tertiary/aromatic N) is 1. The molecular weight excluding hydrogens is 340 g/mol. The smallest absolute Gasteiger partial charge is 0.306 e. The van der Waals surface area contributed by atoms with Gasteiger partial charge in [-0.25, -0.2) is 0 Å². The maximum absolute atomic E-state index is 12.2. The van der Waals surface area contributed by atoms with Gasteiger partial charge >= 0.3 is 5.97 Å². The summed E-state index contributed by atoms with van der Waals surface area (Å²) in [7, 11) is 0. The Morgan fingerprint density at radius 3 is 2.41 bits per heavy atom. The minimum atomic E-state index is -0.228. The Balaban J connectivity index is 2.30. The molecule has 27 heavy (non-hydrogen) atoms. The summed E-state index contributed by atoms with van der Waals surface area (Å²) < 4.78 is 10.7. The standard InChI is InChI=1S/C22H36N2O3/c1-5-22(6-2,16-21(25)27-8-4)17-9-10-20(19(23)15-17)24(7-3)18-11-13-26-14-12-18/h9-10,15,18H,5-8,11-14,16,23H2,1-4H3. The van der Waals surface area contributed by atoms with E-state index in [2.05, 4.69) is 43.9 Å². The molecule has 5 heteroatoms. The largest absolute Gasteiger partial charge is 0.466 e. The number of nitrogen functional groups attached to an aromatic ring is 1. The normalized spacial score (nSPS) is 15.6. The molecule has 0 amide bonds. The van der Waals surface area contributed by atoms with Crippen molar-refractivity contribution in [3.8, 4) is 0 Å². The van der Waals surface area contributed by atoms with Gasteiger partial charge < -0.3 is 20.1 Å². The number of ether oxygens (including phenoxy) is 2. The first-order chi connectivity index (χ1) is 13.0. The predicted octanol–water partition coefficient (Wildman–Crippen LogP) is 4.29. The molecule has 1 aliphatic rings. The second-order valence-corrected chi connectivity index (χ2v) is 7.37. The van der Waals surface area contributed by atoms with Gasteiger partial charge in [0, 0.05) is 31.2 Å². The van der Waals surface area contributed by atoms with Crippen LogP contribution in [0.25, 0.3) is 0 Å². The number of rotatable bonds is 9. The van der Waals surface area contributed by atoms with E-state index in [0.29, 0.717) is 19.1 Å². The van der Waals surface area contributed by atoms with Crippen molar-refractivity contribution >= 4 is 17.3 Å². The molecule has 0 bridgehead atoms. The fourth-order valence-electron chi connectivity index (χ4n) is 4.27. The van der Waals surface area contributed by atoms with Crippen LogP contribution in [0, 0.1) is 0 Å². The van der Waals surface area contributed by atoms with E-state index >= 15 is 0 Å². The number of nitrogens with two attached hydrogens (primary N) is 1. The maximum atomic E-state index is 12.2. The topological polar surface area (TPSA) is 64.8 Å². The van der Waals surface area contributed by atoms with Crippen molar-refractivity contribution in [2.75, 3.05) is 37.0 Å². The Morgan fingerprint density at radius 1 is 1.22 bits per heavy atom. The first-order valence-electron chi connectivity index (χ1n) is 10.4. The van der Waals surface area contributed by atoms with Crippen LogP contribution in [0.5, 0.6) is 0 Å². The van der Waals surface area contributed by atoms with Gasteiger partial charge in [-0.05, 0) is 57.2 Å². The van der Waals surface area contributed by atoms with Gasteiger partial charge in [0.05, 0.1) is 24.4 Å². The van der Waals surface area contributed by atoms with E-state index in [4.69, 9.17) is 15.2 Å². The van der Waals surface area contributed by atoms with Crippen LogP contribution in [0.1, 0.15) is 65.4 Å². The highest BCUT2D eigenvalue weighted by Crippen LogP contribution is 2.39. The minimum absolute atomic E-state index is 0.138. The SMILES string of the molecule is CCOC(=O)CC(CC)(CC)c1ccc(N(CC)C2CCOCC2)c(N)c1. The molecule has 0 atom stereocenters. The molecule has 2 N–H and O–H groups in total. The van der Waals surface area contributed by atoms with Gasteiger partial charge in [0.1, 0.15) is 0 Å². The fourth-order valence-corrected chi connectivity index (χ4v) is 4.27. The Bertz CT molecular complexity index is 608. The third kappa shape index (κ3) is 4.95. The summed E-state index contributed by atoms with van der Waals surface area (Å²) in [5.74, 6) is -0.138. The maximum Gasteiger partial charge on any atom is 0.306 e. The van der Waals surface area contributed by atoms with Gasteiger partial charge in [-0.3, -0.25) is 4.79 Å². The minimum Gasteiger partial charge on any atom is -0.466 e. The summed E-state index contributed by atoms with van der Waals surface area (Å²) in [4.78, 5) is 14.6. The van der Waals surface area contributed by atoms with E-state index < -0.39 is 0 Å². The Labute approximate surface area is 164 Å². The molecule has 1 saturated heterocycles. The van der Waals surface area contributed by atoms with E-state index in [1.54, 1.807) is 0 Å². The van der Waals surface area contributed by atoms with E-state index in [9.17, 15) is 4.79 Å². The van der Waals surface area contributed by atoms with Gasteiger partial charge in [-0.2, -0.15) is 0 Å².